The number of rotatable bonds is 0. The molecule has 56 valence electrons. The van der Waals surface area contributed by atoms with Crippen LogP contribution in [-0.4, -0.2) is 30.6 Å². The highest BCUT2D eigenvalue weighted by Crippen LogP contribution is 2.21. The molecule has 4 heteroatoms. The first kappa shape index (κ1) is 7.58. The van der Waals surface area contributed by atoms with Crippen molar-refractivity contribution in [1.29, 1.82) is 0 Å². The van der Waals surface area contributed by atoms with Gasteiger partial charge < -0.3 is 5.11 Å². The topological polar surface area (TPSA) is 54.4 Å². The normalized spacial score (nSPS) is 37.2. The first-order valence-electron chi connectivity index (χ1n) is 2.88. The summed E-state index contributed by atoms with van der Waals surface area (Å²) >= 11 is 0. The van der Waals surface area contributed by atoms with Gasteiger partial charge in [0.15, 0.2) is 9.84 Å². The van der Waals surface area contributed by atoms with Gasteiger partial charge in [0.25, 0.3) is 0 Å². The standard InChI is InChI=1S/C6H8O3S/c1-2-6(7)3-4-10(8,9)5-6/h1,7H,3-5H2. The second-order valence-corrected chi connectivity index (χ2v) is 4.70. The van der Waals surface area contributed by atoms with Crippen molar-refractivity contribution in [2.75, 3.05) is 11.5 Å². The van der Waals surface area contributed by atoms with Gasteiger partial charge in [0, 0.05) is 6.42 Å². The van der Waals surface area contributed by atoms with Gasteiger partial charge in [-0.1, -0.05) is 5.92 Å². The van der Waals surface area contributed by atoms with Crippen LogP contribution in [0.3, 0.4) is 0 Å². The second-order valence-electron chi connectivity index (χ2n) is 2.52. The Morgan fingerprint density at radius 1 is 1.60 bits per heavy atom. The molecule has 0 aromatic heterocycles. The van der Waals surface area contributed by atoms with E-state index in [0.717, 1.165) is 0 Å². The maximum absolute atomic E-state index is 10.7. The van der Waals surface area contributed by atoms with Crippen molar-refractivity contribution in [2.24, 2.45) is 0 Å². The molecule has 0 radical (unpaired) electrons. The molecule has 1 saturated heterocycles. The number of terminal acetylenes is 1. The van der Waals surface area contributed by atoms with Crippen LogP contribution >= 0.6 is 0 Å². The maximum Gasteiger partial charge on any atom is 0.154 e. The molecule has 1 heterocycles. The average Bonchev–Trinajstić information content (AvgIpc) is 2.08. The lowest BCUT2D eigenvalue weighted by molar-refractivity contribution is 0.130. The highest BCUT2D eigenvalue weighted by Gasteiger charge is 2.38. The third-order valence-electron chi connectivity index (χ3n) is 1.55. The molecule has 0 bridgehead atoms. The zero-order chi connectivity index (χ0) is 7.83. The van der Waals surface area contributed by atoms with Gasteiger partial charge in [-0.3, -0.25) is 0 Å². The first-order chi connectivity index (χ1) is 4.47. The van der Waals surface area contributed by atoms with Crippen molar-refractivity contribution in [3.05, 3.63) is 0 Å². The van der Waals surface area contributed by atoms with E-state index in [2.05, 4.69) is 5.92 Å². The summed E-state index contributed by atoms with van der Waals surface area (Å²) in [5.41, 5.74) is -1.39. The Labute approximate surface area is 60.0 Å². The van der Waals surface area contributed by atoms with Gasteiger partial charge in [-0.2, -0.15) is 0 Å². The predicted molar refractivity (Wildman–Crippen MR) is 37.1 cm³/mol. The minimum atomic E-state index is -3.06. The highest BCUT2D eigenvalue weighted by molar-refractivity contribution is 7.91. The number of sulfone groups is 1. The zero-order valence-corrected chi connectivity index (χ0v) is 6.19. The van der Waals surface area contributed by atoms with E-state index < -0.39 is 15.4 Å². The van der Waals surface area contributed by atoms with E-state index in [4.69, 9.17) is 6.42 Å². The Hall–Kier alpha value is -0.530. The Kier molecular flexibility index (Phi) is 1.50. The molecule has 0 aromatic carbocycles. The summed E-state index contributed by atoms with van der Waals surface area (Å²) in [6.07, 6.45) is 5.10. The molecule has 0 saturated carbocycles. The smallest absolute Gasteiger partial charge is 0.154 e. The number of hydrogen-bond donors (Lipinski definition) is 1. The molecule has 1 unspecified atom stereocenters. The van der Waals surface area contributed by atoms with Gasteiger partial charge in [0.1, 0.15) is 5.60 Å². The Morgan fingerprint density at radius 2 is 2.20 bits per heavy atom. The van der Waals surface area contributed by atoms with Crippen LogP contribution in [-0.2, 0) is 9.84 Å². The Bertz CT molecular complexity index is 272. The molecule has 0 amide bonds. The summed E-state index contributed by atoms with van der Waals surface area (Å²) in [6.45, 7) is 0. The van der Waals surface area contributed by atoms with Crippen LogP contribution in [0.4, 0.5) is 0 Å². The number of hydrogen-bond acceptors (Lipinski definition) is 3. The van der Waals surface area contributed by atoms with E-state index in [1.165, 1.54) is 0 Å². The molecule has 10 heavy (non-hydrogen) atoms. The molecule has 0 aliphatic carbocycles. The van der Waals surface area contributed by atoms with Crippen LogP contribution < -0.4 is 0 Å². The highest BCUT2D eigenvalue weighted by atomic mass is 32.2. The van der Waals surface area contributed by atoms with Gasteiger partial charge in [0.2, 0.25) is 0 Å². The minimum absolute atomic E-state index is 0.00764. The monoisotopic (exact) mass is 160 g/mol. The van der Waals surface area contributed by atoms with Crippen LogP contribution in [0.2, 0.25) is 0 Å². The van der Waals surface area contributed by atoms with Crippen molar-refractivity contribution in [3.63, 3.8) is 0 Å². The fraction of sp³-hybridized carbons (Fsp3) is 0.667. The van der Waals surface area contributed by atoms with Crippen molar-refractivity contribution in [1.82, 2.24) is 0 Å². The predicted octanol–water partition coefficient (Wildman–Crippen LogP) is -0.831. The third-order valence-corrected chi connectivity index (χ3v) is 3.30. The molecule has 1 aliphatic rings. The fourth-order valence-corrected chi connectivity index (χ4v) is 2.69. The van der Waals surface area contributed by atoms with Crippen molar-refractivity contribution in [2.45, 2.75) is 12.0 Å². The van der Waals surface area contributed by atoms with E-state index in [9.17, 15) is 13.5 Å². The van der Waals surface area contributed by atoms with Crippen molar-refractivity contribution in [3.8, 4) is 12.3 Å². The van der Waals surface area contributed by atoms with E-state index in [1.807, 2.05) is 0 Å². The maximum atomic E-state index is 10.7. The quantitative estimate of drug-likeness (QED) is 0.470. The van der Waals surface area contributed by atoms with Gasteiger partial charge in [-0.05, 0) is 0 Å². The fourth-order valence-electron chi connectivity index (χ4n) is 0.946. The molecule has 1 rings (SSSR count). The summed E-state index contributed by atoms with van der Waals surface area (Å²) in [7, 11) is -3.06. The van der Waals surface area contributed by atoms with Gasteiger partial charge in [-0.25, -0.2) is 8.42 Å². The Balaban J connectivity index is 2.89. The Morgan fingerprint density at radius 3 is 2.40 bits per heavy atom. The molecule has 1 N–H and O–H groups in total. The van der Waals surface area contributed by atoms with Crippen LogP contribution in [0.5, 0.6) is 0 Å². The summed E-state index contributed by atoms with van der Waals surface area (Å²) < 4.78 is 21.5. The van der Waals surface area contributed by atoms with Crippen molar-refractivity contribution >= 4 is 9.84 Å². The molecule has 1 aliphatic heterocycles. The van der Waals surface area contributed by atoms with Gasteiger partial charge in [-0.15, -0.1) is 6.42 Å². The lowest BCUT2D eigenvalue weighted by Gasteiger charge is -2.09. The number of aliphatic hydroxyl groups is 1. The van der Waals surface area contributed by atoms with E-state index >= 15 is 0 Å². The molecule has 1 fully saturated rings. The molecular weight excluding hydrogens is 152 g/mol. The zero-order valence-electron chi connectivity index (χ0n) is 5.37. The second kappa shape index (κ2) is 1.97. The minimum Gasteiger partial charge on any atom is -0.377 e. The van der Waals surface area contributed by atoms with Crippen LogP contribution in [0.15, 0.2) is 0 Å². The molecular formula is C6H8O3S. The van der Waals surface area contributed by atoms with Crippen molar-refractivity contribution < 1.29 is 13.5 Å². The largest absolute Gasteiger partial charge is 0.377 e. The molecule has 3 nitrogen and oxygen atoms in total. The van der Waals surface area contributed by atoms with Crippen LogP contribution in [0, 0.1) is 12.3 Å². The lowest BCUT2D eigenvalue weighted by atomic mass is 10.1. The van der Waals surface area contributed by atoms with E-state index in [1.54, 1.807) is 0 Å². The summed E-state index contributed by atoms with van der Waals surface area (Å²) in [5, 5.41) is 9.22. The van der Waals surface area contributed by atoms with Gasteiger partial charge in [0.05, 0.1) is 11.5 Å². The summed E-state index contributed by atoms with van der Waals surface area (Å²) in [4.78, 5) is 0. The van der Waals surface area contributed by atoms with Gasteiger partial charge >= 0.3 is 0 Å². The SMILES string of the molecule is C#CC1(O)CCS(=O)(=O)C1. The average molecular weight is 160 g/mol. The summed E-state index contributed by atoms with van der Waals surface area (Å²) in [5.74, 6) is 1.80. The van der Waals surface area contributed by atoms with Crippen LogP contribution in [0.25, 0.3) is 0 Å². The van der Waals surface area contributed by atoms with E-state index in [-0.39, 0.29) is 17.9 Å². The van der Waals surface area contributed by atoms with Crippen LogP contribution in [0.1, 0.15) is 6.42 Å². The molecule has 1 atom stereocenters. The van der Waals surface area contributed by atoms with E-state index in [0.29, 0.717) is 0 Å². The lowest BCUT2D eigenvalue weighted by Crippen LogP contribution is -2.27. The molecule has 0 aromatic rings. The first-order valence-corrected chi connectivity index (χ1v) is 4.70. The third kappa shape index (κ3) is 1.31. The molecule has 0 spiro atoms. The summed E-state index contributed by atoms with van der Waals surface area (Å²) in [6, 6.07) is 0.